The zero-order valence-corrected chi connectivity index (χ0v) is 19.5. The molecule has 3 aromatic rings. The SMILES string of the molecule is Cc1noc(N2C[C@H]3CC[C@@H](C2)[C@@H]3Nc2nc3c(C(C)C)ccc(O[C@@H](C)C(F)(F)F)n3n2)n1. The van der Waals surface area contributed by atoms with Crippen LogP contribution in [0.15, 0.2) is 16.7 Å². The third kappa shape index (κ3) is 4.14. The number of aromatic nitrogens is 5. The molecule has 184 valence electrons. The summed E-state index contributed by atoms with van der Waals surface area (Å²) < 4.78 is 51.3. The van der Waals surface area contributed by atoms with Crippen LogP contribution in [0.3, 0.4) is 0 Å². The van der Waals surface area contributed by atoms with Gasteiger partial charge in [-0.15, -0.1) is 5.10 Å². The fourth-order valence-corrected chi connectivity index (χ4v) is 4.99. The lowest BCUT2D eigenvalue weighted by atomic mass is 9.92. The van der Waals surface area contributed by atoms with Gasteiger partial charge in [-0.25, -0.2) is 0 Å². The molecule has 9 nitrogen and oxygen atoms in total. The van der Waals surface area contributed by atoms with E-state index in [4.69, 9.17) is 9.26 Å². The number of nitrogens with one attached hydrogen (secondary N) is 1. The Morgan fingerprint density at radius 3 is 2.41 bits per heavy atom. The maximum Gasteiger partial charge on any atom is 0.425 e. The Hall–Kier alpha value is -3.05. The van der Waals surface area contributed by atoms with Crippen molar-refractivity contribution in [2.45, 2.75) is 64.8 Å². The Kier molecular flexibility index (Phi) is 5.56. The van der Waals surface area contributed by atoms with E-state index in [0.717, 1.165) is 38.4 Å². The van der Waals surface area contributed by atoms with Gasteiger partial charge in [-0.2, -0.15) is 27.7 Å². The molecule has 2 aliphatic rings. The van der Waals surface area contributed by atoms with Crippen LogP contribution in [0.5, 0.6) is 5.88 Å². The molecule has 12 heteroatoms. The molecule has 3 aromatic heterocycles. The molecule has 1 saturated carbocycles. The van der Waals surface area contributed by atoms with E-state index >= 15 is 0 Å². The standard InChI is InChI=1S/C22H28F3N7O2/c1-11(2)16-7-8-17(33-12(3)22(23,24)25)32-19(16)28-20(29-32)27-18-14-5-6-15(18)10-31(9-14)21-26-13(4)30-34-21/h7-8,11-12,14-15,18H,5-6,9-10H2,1-4H3,(H,27,29)/t12-,14-,15+,18-/m0/s1. The summed E-state index contributed by atoms with van der Waals surface area (Å²) in [5.41, 5.74) is 1.38. The molecule has 0 unspecified atom stereocenters. The molecule has 1 saturated heterocycles. The Balaban J connectivity index is 1.40. The van der Waals surface area contributed by atoms with Gasteiger partial charge in [0, 0.05) is 25.2 Å². The highest BCUT2D eigenvalue weighted by Crippen LogP contribution is 2.40. The predicted molar refractivity (Wildman–Crippen MR) is 118 cm³/mol. The van der Waals surface area contributed by atoms with Crippen molar-refractivity contribution in [3.8, 4) is 5.88 Å². The van der Waals surface area contributed by atoms with Gasteiger partial charge >= 0.3 is 12.2 Å². The first-order chi connectivity index (χ1) is 16.1. The van der Waals surface area contributed by atoms with Crippen molar-refractivity contribution in [2.24, 2.45) is 11.8 Å². The first kappa shape index (κ1) is 22.7. The van der Waals surface area contributed by atoms with Crippen LogP contribution in [0.4, 0.5) is 25.1 Å². The second kappa shape index (κ2) is 8.31. The van der Waals surface area contributed by atoms with Crippen molar-refractivity contribution in [3.63, 3.8) is 0 Å². The van der Waals surface area contributed by atoms with E-state index in [-0.39, 0.29) is 17.8 Å². The fourth-order valence-electron chi connectivity index (χ4n) is 4.99. The van der Waals surface area contributed by atoms with E-state index in [1.54, 1.807) is 13.0 Å². The first-order valence-electron chi connectivity index (χ1n) is 11.5. The number of fused-ring (bicyclic) bond motifs is 3. The van der Waals surface area contributed by atoms with Gasteiger partial charge in [0.1, 0.15) is 0 Å². The number of piperidine rings is 1. The highest BCUT2D eigenvalue weighted by molar-refractivity contribution is 5.55. The van der Waals surface area contributed by atoms with Crippen LogP contribution in [0.1, 0.15) is 50.9 Å². The normalized spacial score (nSPS) is 23.6. The smallest absolute Gasteiger partial charge is 0.425 e. The predicted octanol–water partition coefficient (Wildman–Crippen LogP) is 4.20. The van der Waals surface area contributed by atoms with Crippen molar-refractivity contribution >= 4 is 17.6 Å². The fraction of sp³-hybridized carbons (Fsp3) is 0.636. The molecule has 2 fully saturated rings. The zero-order valence-electron chi connectivity index (χ0n) is 19.5. The Morgan fingerprint density at radius 1 is 1.12 bits per heavy atom. The molecule has 0 radical (unpaired) electrons. The molecular formula is C22H28F3N7O2. The van der Waals surface area contributed by atoms with Gasteiger partial charge in [-0.05, 0) is 56.1 Å². The number of aryl methyl sites for hydroxylation is 1. The van der Waals surface area contributed by atoms with Crippen molar-refractivity contribution < 1.29 is 22.4 Å². The number of halogens is 3. The lowest BCUT2D eigenvalue weighted by Crippen LogP contribution is -2.48. The average molecular weight is 480 g/mol. The largest absolute Gasteiger partial charge is 0.465 e. The van der Waals surface area contributed by atoms with Crippen molar-refractivity contribution in [3.05, 3.63) is 23.5 Å². The maximum atomic E-state index is 13.1. The second-order valence-corrected chi connectivity index (χ2v) is 9.55. The number of hydrogen-bond donors (Lipinski definition) is 1. The van der Waals surface area contributed by atoms with Crippen LogP contribution >= 0.6 is 0 Å². The third-order valence-electron chi connectivity index (χ3n) is 6.78. The van der Waals surface area contributed by atoms with Gasteiger partial charge in [-0.1, -0.05) is 19.0 Å². The minimum absolute atomic E-state index is 0.00864. The number of nitrogens with zero attached hydrogens (tertiary/aromatic N) is 6. The van der Waals surface area contributed by atoms with E-state index in [0.29, 0.717) is 35.3 Å². The second-order valence-electron chi connectivity index (χ2n) is 9.55. The average Bonchev–Trinajstić information content (AvgIpc) is 3.43. The Labute approximate surface area is 194 Å². The summed E-state index contributed by atoms with van der Waals surface area (Å²) in [6, 6.07) is 3.97. The zero-order chi connectivity index (χ0) is 24.2. The van der Waals surface area contributed by atoms with E-state index < -0.39 is 12.3 Å². The third-order valence-corrected chi connectivity index (χ3v) is 6.78. The molecule has 0 aromatic carbocycles. The topological polar surface area (TPSA) is 93.6 Å². The summed E-state index contributed by atoms with van der Waals surface area (Å²) in [7, 11) is 0. The van der Waals surface area contributed by atoms with Crippen LogP contribution in [-0.2, 0) is 0 Å². The van der Waals surface area contributed by atoms with Gasteiger partial charge in [0.2, 0.25) is 11.8 Å². The van der Waals surface area contributed by atoms with Gasteiger partial charge < -0.3 is 19.5 Å². The molecule has 0 amide bonds. The Bertz CT molecular complexity index is 1160. The number of rotatable bonds is 6. The molecule has 4 heterocycles. The lowest BCUT2D eigenvalue weighted by Gasteiger charge is -2.37. The number of anilines is 2. The summed E-state index contributed by atoms with van der Waals surface area (Å²) in [6.45, 7) is 8.34. The minimum Gasteiger partial charge on any atom is -0.465 e. The van der Waals surface area contributed by atoms with Crippen LogP contribution in [0.2, 0.25) is 0 Å². The summed E-state index contributed by atoms with van der Waals surface area (Å²) in [5.74, 6) is 1.79. The molecule has 1 aliphatic heterocycles. The maximum absolute atomic E-state index is 13.1. The number of hydrogen-bond acceptors (Lipinski definition) is 8. The van der Waals surface area contributed by atoms with E-state index in [9.17, 15) is 13.2 Å². The molecule has 5 rings (SSSR count). The number of ether oxygens (including phenoxy) is 1. The van der Waals surface area contributed by atoms with Crippen LogP contribution in [0.25, 0.3) is 5.65 Å². The summed E-state index contributed by atoms with van der Waals surface area (Å²) in [5, 5.41) is 11.9. The molecular weight excluding hydrogens is 451 g/mol. The molecule has 2 bridgehead atoms. The van der Waals surface area contributed by atoms with Crippen molar-refractivity contribution in [1.82, 2.24) is 24.7 Å². The molecule has 4 atom stereocenters. The number of pyridine rings is 1. The molecule has 0 spiro atoms. The van der Waals surface area contributed by atoms with Crippen LogP contribution < -0.4 is 15.0 Å². The number of alkyl halides is 3. The van der Waals surface area contributed by atoms with Gasteiger partial charge in [0.25, 0.3) is 0 Å². The highest BCUT2D eigenvalue weighted by atomic mass is 19.4. The van der Waals surface area contributed by atoms with Crippen molar-refractivity contribution in [2.75, 3.05) is 23.3 Å². The van der Waals surface area contributed by atoms with E-state index in [2.05, 4.69) is 30.4 Å². The van der Waals surface area contributed by atoms with E-state index in [1.165, 1.54) is 10.6 Å². The highest BCUT2D eigenvalue weighted by Gasteiger charge is 2.44. The monoisotopic (exact) mass is 479 g/mol. The van der Waals surface area contributed by atoms with Gasteiger partial charge in [0.15, 0.2) is 17.6 Å². The van der Waals surface area contributed by atoms with Crippen molar-refractivity contribution in [1.29, 1.82) is 0 Å². The molecule has 1 N–H and O–H groups in total. The molecule has 34 heavy (non-hydrogen) atoms. The van der Waals surface area contributed by atoms with E-state index in [1.807, 2.05) is 13.8 Å². The molecule has 1 aliphatic carbocycles. The minimum atomic E-state index is -4.48. The first-order valence-corrected chi connectivity index (χ1v) is 11.5. The van der Waals surface area contributed by atoms with Gasteiger partial charge in [-0.3, -0.25) is 0 Å². The quantitative estimate of drug-likeness (QED) is 0.562. The van der Waals surface area contributed by atoms with Crippen LogP contribution in [0, 0.1) is 18.8 Å². The summed E-state index contributed by atoms with van der Waals surface area (Å²) in [4.78, 5) is 11.1. The lowest BCUT2D eigenvalue weighted by molar-refractivity contribution is -0.190. The van der Waals surface area contributed by atoms with Gasteiger partial charge in [0.05, 0.1) is 0 Å². The summed E-state index contributed by atoms with van der Waals surface area (Å²) >= 11 is 0. The van der Waals surface area contributed by atoms with Crippen LogP contribution in [-0.4, -0.2) is 56.2 Å². The summed E-state index contributed by atoms with van der Waals surface area (Å²) in [6.07, 6.45) is -4.34. The Morgan fingerprint density at radius 2 is 1.82 bits per heavy atom.